The first-order valence-corrected chi connectivity index (χ1v) is 6.50. The van der Waals surface area contributed by atoms with E-state index in [1.807, 2.05) is 6.07 Å². The van der Waals surface area contributed by atoms with Crippen LogP contribution in [0.15, 0.2) is 48.5 Å². The number of nitro benzene ring substituents is 1. The van der Waals surface area contributed by atoms with Crippen molar-refractivity contribution in [3.63, 3.8) is 0 Å². The summed E-state index contributed by atoms with van der Waals surface area (Å²) >= 11 is 0. The molecular formula is C15H16N2O6. The van der Waals surface area contributed by atoms with Crippen LogP contribution in [-0.4, -0.2) is 32.3 Å². The number of hydrogen-bond acceptors (Lipinski definition) is 6. The average molecular weight is 320 g/mol. The summed E-state index contributed by atoms with van der Waals surface area (Å²) in [4.78, 5) is 20.2. The molecule has 0 saturated carbocycles. The molecule has 0 fully saturated rings. The number of benzene rings is 2. The van der Waals surface area contributed by atoms with Gasteiger partial charge in [0.05, 0.1) is 4.92 Å². The van der Waals surface area contributed by atoms with Gasteiger partial charge in [-0.15, -0.1) is 0 Å². The van der Waals surface area contributed by atoms with E-state index in [0.29, 0.717) is 11.3 Å². The Balaban J connectivity index is 0.000000313. The van der Waals surface area contributed by atoms with E-state index in [9.17, 15) is 14.9 Å². The van der Waals surface area contributed by atoms with E-state index in [1.54, 1.807) is 24.3 Å². The zero-order valence-corrected chi connectivity index (χ0v) is 12.0. The number of phenolic OH excluding ortho intramolecular Hbond substituents is 2. The second-order valence-corrected chi connectivity index (χ2v) is 4.56. The molecule has 1 atom stereocenters. The van der Waals surface area contributed by atoms with E-state index in [2.05, 4.69) is 0 Å². The minimum Gasteiger partial charge on any atom is -0.508 e. The molecule has 2 aromatic carbocycles. The molecule has 122 valence electrons. The first kappa shape index (κ1) is 17.9. The minimum atomic E-state index is -1.18. The van der Waals surface area contributed by atoms with Crippen molar-refractivity contribution < 1.29 is 25.0 Å². The molecule has 5 N–H and O–H groups in total. The van der Waals surface area contributed by atoms with Crippen LogP contribution in [0, 0.1) is 10.1 Å². The Morgan fingerprint density at radius 2 is 1.78 bits per heavy atom. The van der Waals surface area contributed by atoms with Gasteiger partial charge in [-0.05, 0) is 30.2 Å². The van der Waals surface area contributed by atoms with Gasteiger partial charge in [0.2, 0.25) is 0 Å². The largest absolute Gasteiger partial charge is 0.508 e. The minimum absolute atomic E-state index is 0.0313. The summed E-state index contributed by atoms with van der Waals surface area (Å²) < 4.78 is 0. The lowest BCUT2D eigenvalue weighted by Crippen LogP contribution is -2.32. The number of aliphatic carboxylic acids is 1. The Hall–Kier alpha value is -3.13. The number of nitro groups is 1. The summed E-state index contributed by atoms with van der Waals surface area (Å²) in [7, 11) is 0. The van der Waals surface area contributed by atoms with Gasteiger partial charge in [0.25, 0.3) is 0 Å². The molecule has 0 heterocycles. The van der Waals surface area contributed by atoms with Gasteiger partial charge < -0.3 is 21.1 Å². The number of nitrogens with two attached hydrogens (primary N) is 1. The van der Waals surface area contributed by atoms with Crippen LogP contribution in [0.2, 0.25) is 0 Å². The first-order valence-electron chi connectivity index (χ1n) is 6.50. The highest BCUT2D eigenvalue weighted by Gasteiger charge is 2.17. The fourth-order valence-electron chi connectivity index (χ4n) is 1.61. The Kier molecular flexibility index (Phi) is 6.50. The van der Waals surface area contributed by atoms with E-state index >= 15 is 0 Å². The molecule has 2 rings (SSSR count). The molecule has 8 heteroatoms. The molecule has 0 amide bonds. The quantitative estimate of drug-likeness (QED) is 0.494. The molecule has 0 aliphatic carbocycles. The highest BCUT2D eigenvalue weighted by Crippen LogP contribution is 2.26. The van der Waals surface area contributed by atoms with Gasteiger partial charge in [0.1, 0.15) is 11.8 Å². The molecule has 23 heavy (non-hydrogen) atoms. The summed E-state index contributed by atoms with van der Waals surface area (Å²) in [5, 5.41) is 36.9. The van der Waals surface area contributed by atoms with Crippen molar-refractivity contribution in [2.24, 2.45) is 5.73 Å². The van der Waals surface area contributed by atoms with Crippen molar-refractivity contribution in [3.05, 3.63) is 64.2 Å². The molecule has 0 saturated heterocycles. The molecule has 0 spiro atoms. The molecule has 0 radical (unpaired) electrons. The highest BCUT2D eigenvalue weighted by atomic mass is 16.6. The maximum absolute atomic E-state index is 10.5. The number of carboxylic acids is 1. The fourth-order valence-corrected chi connectivity index (χ4v) is 1.61. The van der Waals surface area contributed by atoms with Crippen LogP contribution in [0.4, 0.5) is 5.69 Å². The standard InChI is InChI=1S/C9H10N2O5.C6H6O/c10-6(9(13)14)3-5-1-2-8(12)7(4-5)11(15)16;7-6-4-2-1-3-5-6/h1-2,4,6,12H,3,10H2,(H,13,14);1-5,7H. The van der Waals surface area contributed by atoms with Crippen LogP contribution >= 0.6 is 0 Å². The van der Waals surface area contributed by atoms with Crippen LogP contribution in [-0.2, 0) is 11.2 Å². The summed E-state index contributed by atoms with van der Waals surface area (Å²) in [5.41, 5.74) is 5.21. The van der Waals surface area contributed by atoms with E-state index in [0.717, 1.165) is 12.1 Å². The summed E-state index contributed by atoms with van der Waals surface area (Å²) in [6.45, 7) is 0. The topological polar surface area (TPSA) is 147 Å². The Morgan fingerprint density at radius 1 is 1.17 bits per heavy atom. The normalized spacial score (nSPS) is 11.0. The lowest BCUT2D eigenvalue weighted by molar-refractivity contribution is -0.385. The molecule has 1 unspecified atom stereocenters. The van der Waals surface area contributed by atoms with Crippen molar-refractivity contribution in [1.29, 1.82) is 0 Å². The summed E-state index contributed by atoms with van der Waals surface area (Å²) in [6, 6.07) is 11.2. The van der Waals surface area contributed by atoms with E-state index in [-0.39, 0.29) is 6.42 Å². The van der Waals surface area contributed by atoms with Crippen molar-refractivity contribution in [1.82, 2.24) is 0 Å². The van der Waals surface area contributed by atoms with Gasteiger partial charge in [-0.25, -0.2) is 0 Å². The van der Waals surface area contributed by atoms with Gasteiger partial charge in [0.15, 0.2) is 5.75 Å². The van der Waals surface area contributed by atoms with Crippen LogP contribution < -0.4 is 5.73 Å². The Labute approximate surface area is 131 Å². The summed E-state index contributed by atoms with van der Waals surface area (Å²) in [5.74, 6) is -1.32. The smallest absolute Gasteiger partial charge is 0.320 e. The number of para-hydroxylation sites is 1. The van der Waals surface area contributed by atoms with Gasteiger partial charge in [-0.1, -0.05) is 24.3 Å². The lowest BCUT2D eigenvalue weighted by atomic mass is 10.1. The summed E-state index contributed by atoms with van der Waals surface area (Å²) in [6.07, 6.45) is -0.0313. The molecular weight excluding hydrogens is 304 g/mol. The van der Waals surface area contributed by atoms with E-state index < -0.39 is 28.4 Å². The molecule has 0 aliphatic rings. The highest BCUT2D eigenvalue weighted by molar-refractivity contribution is 5.73. The van der Waals surface area contributed by atoms with Crippen LogP contribution in [0.3, 0.4) is 0 Å². The second-order valence-electron chi connectivity index (χ2n) is 4.56. The van der Waals surface area contributed by atoms with Gasteiger partial charge in [-0.3, -0.25) is 14.9 Å². The number of rotatable bonds is 4. The molecule has 0 bridgehead atoms. The number of carbonyl (C=O) groups is 1. The maximum Gasteiger partial charge on any atom is 0.320 e. The van der Waals surface area contributed by atoms with Gasteiger partial charge in [0, 0.05) is 6.07 Å². The van der Waals surface area contributed by atoms with Crippen LogP contribution in [0.25, 0.3) is 0 Å². The third kappa shape index (κ3) is 6.02. The van der Waals surface area contributed by atoms with E-state index in [1.165, 1.54) is 6.07 Å². The zero-order valence-electron chi connectivity index (χ0n) is 12.0. The molecule has 0 aromatic heterocycles. The SMILES string of the molecule is NC(Cc1ccc(O)c([N+](=O)[O-])c1)C(=O)O.Oc1ccccc1. The molecule has 0 aliphatic heterocycles. The average Bonchev–Trinajstić information content (AvgIpc) is 2.50. The van der Waals surface area contributed by atoms with Gasteiger partial charge >= 0.3 is 11.7 Å². The number of aromatic hydroxyl groups is 2. The van der Waals surface area contributed by atoms with Crippen molar-refractivity contribution in [3.8, 4) is 11.5 Å². The third-order valence-electron chi connectivity index (χ3n) is 2.77. The Morgan fingerprint density at radius 3 is 2.22 bits per heavy atom. The van der Waals surface area contributed by atoms with Crippen LogP contribution in [0.1, 0.15) is 5.56 Å². The van der Waals surface area contributed by atoms with Crippen molar-refractivity contribution >= 4 is 11.7 Å². The number of phenols is 2. The first-order chi connectivity index (χ1) is 10.8. The lowest BCUT2D eigenvalue weighted by Gasteiger charge is -2.06. The number of carboxylic acid groups (broad SMARTS) is 1. The molecule has 8 nitrogen and oxygen atoms in total. The molecule has 2 aromatic rings. The van der Waals surface area contributed by atoms with E-state index in [4.69, 9.17) is 21.1 Å². The fraction of sp³-hybridized carbons (Fsp3) is 0.133. The number of nitrogens with zero attached hydrogens (tertiary/aromatic N) is 1. The van der Waals surface area contributed by atoms with Crippen LogP contribution in [0.5, 0.6) is 11.5 Å². The second kappa shape index (κ2) is 8.35. The number of hydrogen-bond donors (Lipinski definition) is 4. The Bertz CT molecular complexity index is 675. The predicted octanol–water partition coefficient (Wildman–Crippen LogP) is 1.65. The van der Waals surface area contributed by atoms with Crippen molar-refractivity contribution in [2.75, 3.05) is 0 Å². The van der Waals surface area contributed by atoms with Gasteiger partial charge in [-0.2, -0.15) is 0 Å². The zero-order chi connectivity index (χ0) is 17.4. The predicted molar refractivity (Wildman–Crippen MR) is 82.2 cm³/mol. The maximum atomic E-state index is 10.5. The monoisotopic (exact) mass is 320 g/mol. The third-order valence-corrected chi connectivity index (χ3v) is 2.77. The van der Waals surface area contributed by atoms with Crippen molar-refractivity contribution in [2.45, 2.75) is 12.5 Å².